The molecule has 2 heterocycles. The SMILES string of the molecule is Nc1ccc(C2(c3nc(CC4CCOC4)no3)CC2)cc1. The predicted molar refractivity (Wildman–Crippen MR) is 77.8 cm³/mol. The van der Waals surface area contributed by atoms with Crippen molar-refractivity contribution in [2.45, 2.75) is 31.1 Å². The maximum absolute atomic E-state index is 5.76. The van der Waals surface area contributed by atoms with Crippen molar-refractivity contribution >= 4 is 5.69 Å². The Kier molecular flexibility index (Phi) is 2.96. The third kappa shape index (κ3) is 2.31. The molecule has 21 heavy (non-hydrogen) atoms. The second-order valence-electron chi connectivity index (χ2n) is 6.15. The van der Waals surface area contributed by atoms with Crippen molar-refractivity contribution in [2.75, 3.05) is 18.9 Å². The molecule has 110 valence electrons. The van der Waals surface area contributed by atoms with Crippen LogP contribution in [-0.4, -0.2) is 23.4 Å². The number of aromatic nitrogens is 2. The molecule has 0 bridgehead atoms. The topological polar surface area (TPSA) is 74.2 Å². The molecule has 1 aliphatic carbocycles. The molecule has 2 fully saturated rings. The number of hydrogen-bond donors (Lipinski definition) is 1. The first-order valence-corrected chi connectivity index (χ1v) is 7.53. The van der Waals surface area contributed by atoms with E-state index in [4.69, 9.17) is 15.0 Å². The molecule has 5 heteroatoms. The lowest BCUT2D eigenvalue weighted by Crippen LogP contribution is -2.10. The zero-order chi connectivity index (χ0) is 14.3. The van der Waals surface area contributed by atoms with Crippen molar-refractivity contribution in [3.63, 3.8) is 0 Å². The van der Waals surface area contributed by atoms with Crippen LogP contribution < -0.4 is 5.73 Å². The van der Waals surface area contributed by atoms with E-state index in [0.717, 1.165) is 56.3 Å². The Labute approximate surface area is 123 Å². The molecule has 1 aliphatic heterocycles. The molecule has 1 aromatic carbocycles. The highest BCUT2D eigenvalue weighted by atomic mass is 16.5. The first kappa shape index (κ1) is 12.8. The molecular formula is C16H19N3O2. The fourth-order valence-electron chi connectivity index (χ4n) is 3.09. The molecule has 4 rings (SSSR count). The maximum atomic E-state index is 5.76. The fraction of sp³-hybridized carbons (Fsp3) is 0.500. The van der Waals surface area contributed by atoms with Gasteiger partial charge in [-0.15, -0.1) is 0 Å². The van der Waals surface area contributed by atoms with Crippen LogP contribution in [0.2, 0.25) is 0 Å². The van der Waals surface area contributed by atoms with Gasteiger partial charge in [-0.1, -0.05) is 17.3 Å². The summed E-state index contributed by atoms with van der Waals surface area (Å²) in [4.78, 5) is 4.64. The lowest BCUT2D eigenvalue weighted by molar-refractivity contribution is 0.185. The van der Waals surface area contributed by atoms with Crippen LogP contribution in [0.5, 0.6) is 0 Å². The van der Waals surface area contributed by atoms with Gasteiger partial charge in [-0.3, -0.25) is 0 Å². The smallest absolute Gasteiger partial charge is 0.237 e. The van der Waals surface area contributed by atoms with Gasteiger partial charge in [0, 0.05) is 25.3 Å². The molecule has 1 saturated heterocycles. The summed E-state index contributed by atoms with van der Waals surface area (Å²) in [5.41, 5.74) is 7.68. The van der Waals surface area contributed by atoms with Gasteiger partial charge < -0.3 is 15.0 Å². The molecule has 1 unspecified atom stereocenters. The minimum absolute atomic E-state index is 0.0782. The summed E-state index contributed by atoms with van der Waals surface area (Å²) >= 11 is 0. The van der Waals surface area contributed by atoms with E-state index in [9.17, 15) is 0 Å². The summed E-state index contributed by atoms with van der Waals surface area (Å²) in [5.74, 6) is 2.09. The standard InChI is InChI=1S/C16H19N3O2/c17-13-3-1-12(2-4-13)16(6-7-16)15-18-14(19-21-15)9-11-5-8-20-10-11/h1-4,11H,5-10,17H2. The van der Waals surface area contributed by atoms with Gasteiger partial charge in [0.1, 0.15) is 0 Å². The Bertz CT molecular complexity index is 625. The number of nitrogens with zero attached hydrogens (tertiary/aromatic N) is 2. The summed E-state index contributed by atoms with van der Waals surface area (Å²) in [6.45, 7) is 1.66. The summed E-state index contributed by atoms with van der Waals surface area (Å²) in [6.07, 6.45) is 4.06. The molecule has 2 aromatic rings. The van der Waals surface area contributed by atoms with Crippen molar-refractivity contribution in [3.8, 4) is 0 Å². The molecule has 1 atom stereocenters. The van der Waals surface area contributed by atoms with Crippen LogP contribution in [0.1, 0.15) is 36.5 Å². The lowest BCUT2D eigenvalue weighted by Gasteiger charge is -2.10. The quantitative estimate of drug-likeness (QED) is 0.873. The van der Waals surface area contributed by atoms with E-state index in [-0.39, 0.29) is 5.41 Å². The monoisotopic (exact) mass is 285 g/mol. The lowest BCUT2D eigenvalue weighted by atomic mass is 9.95. The van der Waals surface area contributed by atoms with Gasteiger partial charge >= 0.3 is 0 Å². The predicted octanol–water partition coefficient (Wildman–Crippen LogP) is 2.31. The van der Waals surface area contributed by atoms with Crippen molar-refractivity contribution in [3.05, 3.63) is 41.5 Å². The Morgan fingerprint density at radius 1 is 1.24 bits per heavy atom. The average Bonchev–Trinajstić information content (AvgIpc) is 2.92. The van der Waals surface area contributed by atoms with Crippen LogP contribution >= 0.6 is 0 Å². The molecule has 1 aromatic heterocycles. The van der Waals surface area contributed by atoms with Crippen LogP contribution in [-0.2, 0) is 16.6 Å². The van der Waals surface area contributed by atoms with Crippen LogP contribution in [0, 0.1) is 5.92 Å². The van der Waals surface area contributed by atoms with Gasteiger partial charge in [0.15, 0.2) is 5.82 Å². The first-order chi connectivity index (χ1) is 10.3. The fourth-order valence-corrected chi connectivity index (χ4v) is 3.09. The average molecular weight is 285 g/mol. The molecule has 1 saturated carbocycles. The summed E-state index contributed by atoms with van der Waals surface area (Å²) in [5, 5.41) is 4.16. The number of hydrogen-bond acceptors (Lipinski definition) is 5. The van der Waals surface area contributed by atoms with Gasteiger partial charge in [0.2, 0.25) is 5.89 Å². The number of nitrogens with two attached hydrogens (primary N) is 1. The second kappa shape index (κ2) is 4.84. The number of ether oxygens (including phenoxy) is 1. The van der Waals surface area contributed by atoms with Crippen LogP contribution in [0.4, 0.5) is 5.69 Å². The largest absolute Gasteiger partial charge is 0.399 e. The van der Waals surface area contributed by atoms with E-state index in [2.05, 4.69) is 22.3 Å². The van der Waals surface area contributed by atoms with Gasteiger partial charge in [0.25, 0.3) is 0 Å². The molecule has 0 spiro atoms. The van der Waals surface area contributed by atoms with Crippen LogP contribution in [0.15, 0.2) is 28.8 Å². The Morgan fingerprint density at radius 3 is 2.71 bits per heavy atom. The number of anilines is 1. The van der Waals surface area contributed by atoms with E-state index >= 15 is 0 Å². The highest BCUT2D eigenvalue weighted by Gasteiger charge is 2.50. The minimum Gasteiger partial charge on any atom is -0.399 e. The van der Waals surface area contributed by atoms with Crippen molar-refractivity contribution < 1.29 is 9.26 Å². The third-order valence-corrected chi connectivity index (χ3v) is 4.59. The second-order valence-corrected chi connectivity index (χ2v) is 6.15. The Balaban J connectivity index is 1.55. The van der Waals surface area contributed by atoms with E-state index < -0.39 is 0 Å². The normalized spacial score (nSPS) is 23.3. The zero-order valence-corrected chi connectivity index (χ0v) is 11.9. The number of benzene rings is 1. The molecule has 0 radical (unpaired) electrons. The van der Waals surface area contributed by atoms with E-state index in [1.165, 1.54) is 5.56 Å². The molecule has 5 nitrogen and oxygen atoms in total. The highest BCUT2D eigenvalue weighted by molar-refractivity contribution is 5.45. The first-order valence-electron chi connectivity index (χ1n) is 7.53. The highest BCUT2D eigenvalue weighted by Crippen LogP contribution is 2.52. The van der Waals surface area contributed by atoms with Crippen molar-refractivity contribution in [1.29, 1.82) is 0 Å². The van der Waals surface area contributed by atoms with Gasteiger partial charge in [-0.05, 0) is 42.9 Å². The van der Waals surface area contributed by atoms with Gasteiger partial charge in [-0.25, -0.2) is 0 Å². The minimum atomic E-state index is -0.0782. The van der Waals surface area contributed by atoms with Crippen molar-refractivity contribution in [2.24, 2.45) is 5.92 Å². The van der Waals surface area contributed by atoms with E-state index in [1.54, 1.807) is 0 Å². The Morgan fingerprint density at radius 2 is 2.05 bits per heavy atom. The van der Waals surface area contributed by atoms with E-state index in [1.807, 2.05) is 12.1 Å². The molecule has 2 N–H and O–H groups in total. The van der Waals surface area contributed by atoms with Crippen molar-refractivity contribution in [1.82, 2.24) is 10.1 Å². The van der Waals surface area contributed by atoms with Crippen LogP contribution in [0.25, 0.3) is 0 Å². The summed E-state index contributed by atoms with van der Waals surface area (Å²) < 4.78 is 11.0. The van der Waals surface area contributed by atoms with Gasteiger partial charge in [-0.2, -0.15) is 4.98 Å². The Hall–Kier alpha value is -1.88. The molecule has 2 aliphatic rings. The third-order valence-electron chi connectivity index (χ3n) is 4.59. The van der Waals surface area contributed by atoms with Crippen LogP contribution in [0.3, 0.4) is 0 Å². The van der Waals surface area contributed by atoms with E-state index in [0.29, 0.717) is 5.92 Å². The molecule has 0 amide bonds. The zero-order valence-electron chi connectivity index (χ0n) is 11.9. The summed E-state index contributed by atoms with van der Waals surface area (Å²) in [6, 6.07) is 8.00. The number of nitrogen functional groups attached to an aromatic ring is 1. The number of rotatable bonds is 4. The summed E-state index contributed by atoms with van der Waals surface area (Å²) in [7, 11) is 0. The molecular weight excluding hydrogens is 266 g/mol. The maximum Gasteiger partial charge on any atom is 0.237 e. The van der Waals surface area contributed by atoms with Gasteiger partial charge in [0.05, 0.1) is 5.41 Å².